The van der Waals surface area contributed by atoms with Gasteiger partial charge in [0.1, 0.15) is 11.4 Å². The summed E-state index contributed by atoms with van der Waals surface area (Å²) >= 11 is 0. The lowest BCUT2D eigenvalue weighted by molar-refractivity contribution is -0.137. The van der Waals surface area contributed by atoms with Gasteiger partial charge in [0.2, 0.25) is 0 Å². The van der Waals surface area contributed by atoms with E-state index in [0.29, 0.717) is 32.5 Å². The van der Waals surface area contributed by atoms with Crippen molar-refractivity contribution in [1.29, 1.82) is 0 Å². The molecular weight excluding hydrogens is 383 g/mol. The highest BCUT2D eigenvalue weighted by Gasteiger charge is 2.43. The van der Waals surface area contributed by atoms with Crippen LogP contribution in [0, 0.1) is 0 Å². The van der Waals surface area contributed by atoms with Crippen molar-refractivity contribution in [2.24, 2.45) is 0 Å². The number of alkyl halides is 3. The van der Waals surface area contributed by atoms with Crippen LogP contribution in [-0.2, 0) is 22.9 Å². The molecule has 0 aromatic heterocycles. The Morgan fingerprint density at radius 1 is 1.10 bits per heavy atom. The molecule has 4 nitrogen and oxygen atoms in total. The van der Waals surface area contributed by atoms with Gasteiger partial charge >= 0.3 is 6.18 Å². The van der Waals surface area contributed by atoms with E-state index in [1.807, 2.05) is 12.1 Å². The Labute approximate surface area is 167 Å². The van der Waals surface area contributed by atoms with Crippen molar-refractivity contribution in [1.82, 2.24) is 4.90 Å². The lowest BCUT2D eigenvalue weighted by Gasteiger charge is -2.45. The number of ether oxygens (including phenoxy) is 2. The van der Waals surface area contributed by atoms with Gasteiger partial charge in [-0.25, -0.2) is 0 Å². The van der Waals surface area contributed by atoms with Crippen LogP contribution in [-0.4, -0.2) is 37.6 Å². The monoisotopic (exact) mass is 405 g/mol. The van der Waals surface area contributed by atoms with Crippen LogP contribution in [0.25, 0.3) is 0 Å². The minimum absolute atomic E-state index is 0.260. The molecule has 2 heterocycles. The Morgan fingerprint density at radius 2 is 1.79 bits per heavy atom. The molecule has 0 unspecified atom stereocenters. The average molecular weight is 405 g/mol. The second kappa shape index (κ2) is 7.37. The second-order valence-corrected chi connectivity index (χ2v) is 7.45. The standard InChI is InChI=1S/C22H22F3NO3/c1-28-18-4-2-3-15-9-14-29-21(19(15)18)10-12-26(13-11-21)20(27)16-5-7-17(8-6-16)22(23,24)25/h2-8H,9-14H2,1H3. The molecule has 0 radical (unpaired) electrons. The molecule has 0 atom stereocenters. The molecule has 7 heteroatoms. The molecule has 2 aromatic rings. The number of hydrogen-bond acceptors (Lipinski definition) is 3. The number of rotatable bonds is 2. The summed E-state index contributed by atoms with van der Waals surface area (Å²) in [6.07, 6.45) is -2.36. The molecule has 1 amide bonds. The summed E-state index contributed by atoms with van der Waals surface area (Å²) in [7, 11) is 1.64. The quantitative estimate of drug-likeness (QED) is 0.743. The predicted octanol–water partition coefficient (Wildman–Crippen LogP) is 4.42. The molecule has 0 bridgehead atoms. The number of methoxy groups -OCH3 is 1. The van der Waals surface area contributed by atoms with E-state index in [4.69, 9.17) is 9.47 Å². The zero-order valence-corrected chi connectivity index (χ0v) is 16.1. The zero-order chi connectivity index (χ0) is 20.6. The number of carbonyl (C=O) groups excluding carboxylic acids is 1. The maximum atomic E-state index is 12.8. The lowest BCUT2D eigenvalue weighted by atomic mass is 9.78. The normalized spacial score (nSPS) is 18.4. The van der Waals surface area contributed by atoms with E-state index in [0.717, 1.165) is 29.9 Å². The first-order chi connectivity index (χ1) is 13.8. The number of likely N-dealkylation sites (tertiary alicyclic amines) is 1. The van der Waals surface area contributed by atoms with Gasteiger partial charge in [-0.05, 0) is 55.2 Å². The number of benzene rings is 2. The number of halogens is 3. The number of carbonyl (C=O) groups is 1. The Kier molecular flexibility index (Phi) is 5.02. The third-order valence-electron chi connectivity index (χ3n) is 5.86. The fraction of sp³-hybridized carbons (Fsp3) is 0.409. The van der Waals surface area contributed by atoms with Crippen LogP contribution in [0.2, 0.25) is 0 Å². The second-order valence-electron chi connectivity index (χ2n) is 7.45. The Bertz CT molecular complexity index is 886. The van der Waals surface area contributed by atoms with E-state index < -0.39 is 17.3 Å². The maximum Gasteiger partial charge on any atom is 0.416 e. The Hall–Kier alpha value is -2.54. The highest BCUT2D eigenvalue weighted by Crippen LogP contribution is 2.46. The molecule has 1 fully saturated rings. The smallest absolute Gasteiger partial charge is 0.416 e. The first-order valence-corrected chi connectivity index (χ1v) is 9.61. The molecule has 1 saturated heterocycles. The summed E-state index contributed by atoms with van der Waals surface area (Å²) in [6, 6.07) is 10.4. The number of piperidine rings is 1. The highest BCUT2D eigenvalue weighted by molar-refractivity contribution is 5.94. The summed E-state index contributed by atoms with van der Waals surface area (Å²) < 4.78 is 50.0. The Morgan fingerprint density at radius 3 is 2.41 bits per heavy atom. The molecule has 0 aliphatic carbocycles. The third-order valence-corrected chi connectivity index (χ3v) is 5.86. The van der Waals surface area contributed by atoms with Crippen LogP contribution in [0.4, 0.5) is 13.2 Å². The minimum Gasteiger partial charge on any atom is -0.496 e. The zero-order valence-electron chi connectivity index (χ0n) is 16.1. The van der Waals surface area contributed by atoms with Crippen molar-refractivity contribution in [3.8, 4) is 5.75 Å². The summed E-state index contributed by atoms with van der Waals surface area (Å²) in [6.45, 7) is 1.56. The van der Waals surface area contributed by atoms with E-state index in [1.54, 1.807) is 12.0 Å². The van der Waals surface area contributed by atoms with Gasteiger partial charge in [-0.2, -0.15) is 13.2 Å². The van der Waals surface area contributed by atoms with Crippen LogP contribution in [0.15, 0.2) is 42.5 Å². The van der Waals surface area contributed by atoms with Gasteiger partial charge in [0.05, 0.1) is 19.3 Å². The largest absolute Gasteiger partial charge is 0.496 e. The van der Waals surface area contributed by atoms with Crippen LogP contribution < -0.4 is 4.74 Å². The van der Waals surface area contributed by atoms with Crippen LogP contribution in [0.3, 0.4) is 0 Å². The first kappa shape index (κ1) is 19.8. The van der Waals surface area contributed by atoms with Crippen LogP contribution >= 0.6 is 0 Å². The van der Waals surface area contributed by atoms with E-state index in [1.165, 1.54) is 17.7 Å². The van der Waals surface area contributed by atoms with Gasteiger partial charge in [-0.1, -0.05) is 12.1 Å². The summed E-state index contributed by atoms with van der Waals surface area (Å²) in [5.41, 5.74) is 1.29. The molecule has 1 spiro atoms. The Balaban J connectivity index is 1.51. The fourth-order valence-electron chi connectivity index (χ4n) is 4.35. The highest BCUT2D eigenvalue weighted by atomic mass is 19.4. The summed E-state index contributed by atoms with van der Waals surface area (Å²) in [4.78, 5) is 14.5. The number of hydrogen-bond donors (Lipinski definition) is 0. The predicted molar refractivity (Wildman–Crippen MR) is 101 cm³/mol. The van der Waals surface area contributed by atoms with Crippen molar-refractivity contribution >= 4 is 5.91 Å². The molecule has 2 aliphatic rings. The van der Waals surface area contributed by atoms with Gasteiger partial charge in [-0.3, -0.25) is 4.79 Å². The molecule has 0 saturated carbocycles. The molecular formula is C22H22F3NO3. The van der Waals surface area contributed by atoms with Crippen LogP contribution in [0.1, 0.15) is 39.9 Å². The van der Waals surface area contributed by atoms with Gasteiger partial charge in [0.15, 0.2) is 0 Å². The van der Waals surface area contributed by atoms with Crippen molar-refractivity contribution in [3.63, 3.8) is 0 Å². The SMILES string of the molecule is COc1cccc2c1C1(CCN(C(=O)c3ccc(C(F)(F)F)cc3)CC1)OCC2. The number of fused-ring (bicyclic) bond motifs is 2. The van der Waals surface area contributed by atoms with Gasteiger partial charge in [0.25, 0.3) is 5.91 Å². The molecule has 0 N–H and O–H groups in total. The van der Waals surface area contributed by atoms with Gasteiger partial charge < -0.3 is 14.4 Å². The van der Waals surface area contributed by atoms with E-state index in [-0.39, 0.29) is 11.5 Å². The minimum atomic E-state index is -4.41. The first-order valence-electron chi connectivity index (χ1n) is 9.61. The van der Waals surface area contributed by atoms with Crippen LogP contribution in [0.5, 0.6) is 5.75 Å². The van der Waals surface area contributed by atoms with Crippen molar-refractivity contribution in [2.75, 3.05) is 26.8 Å². The molecule has 154 valence electrons. The van der Waals surface area contributed by atoms with Crippen molar-refractivity contribution in [2.45, 2.75) is 31.0 Å². The van der Waals surface area contributed by atoms with Crippen molar-refractivity contribution < 1.29 is 27.4 Å². The number of amides is 1. The van der Waals surface area contributed by atoms with E-state index in [9.17, 15) is 18.0 Å². The number of nitrogens with zero attached hydrogens (tertiary/aromatic N) is 1. The topological polar surface area (TPSA) is 38.8 Å². The average Bonchev–Trinajstić information content (AvgIpc) is 2.73. The molecule has 2 aromatic carbocycles. The van der Waals surface area contributed by atoms with E-state index in [2.05, 4.69) is 6.07 Å². The molecule has 4 rings (SSSR count). The fourth-order valence-corrected chi connectivity index (χ4v) is 4.35. The lowest BCUT2D eigenvalue weighted by Crippen LogP contribution is -2.48. The third kappa shape index (κ3) is 3.59. The molecule has 2 aliphatic heterocycles. The summed E-state index contributed by atoms with van der Waals surface area (Å²) in [5.74, 6) is 0.536. The summed E-state index contributed by atoms with van der Waals surface area (Å²) in [5, 5.41) is 0. The molecule has 29 heavy (non-hydrogen) atoms. The van der Waals surface area contributed by atoms with Crippen molar-refractivity contribution in [3.05, 3.63) is 64.7 Å². The van der Waals surface area contributed by atoms with Gasteiger partial charge in [0, 0.05) is 24.2 Å². The van der Waals surface area contributed by atoms with Gasteiger partial charge in [-0.15, -0.1) is 0 Å². The maximum absolute atomic E-state index is 12.8. The van der Waals surface area contributed by atoms with E-state index >= 15 is 0 Å².